The van der Waals surface area contributed by atoms with E-state index in [1.54, 1.807) is 48.5 Å². The van der Waals surface area contributed by atoms with Gasteiger partial charge in [0.25, 0.3) is 0 Å². The van der Waals surface area contributed by atoms with Gasteiger partial charge >= 0.3 is 5.97 Å². The number of aromatic nitrogens is 2. The molecule has 0 aliphatic rings. The third-order valence-electron chi connectivity index (χ3n) is 3.58. The van der Waals surface area contributed by atoms with Crippen molar-refractivity contribution >= 4 is 5.97 Å². The SMILES string of the molecule is COC(=O)COc1ccc(Oc2ccc(-c3ccc(C#N)cc3)nn2)cc1. The van der Waals surface area contributed by atoms with Crippen LogP contribution in [0.2, 0.25) is 0 Å². The quantitative estimate of drug-likeness (QED) is 0.621. The van der Waals surface area contributed by atoms with Gasteiger partial charge in [0.05, 0.1) is 24.4 Å². The maximum absolute atomic E-state index is 11.1. The highest BCUT2D eigenvalue weighted by molar-refractivity contribution is 5.70. The number of carbonyl (C=O) groups excluding carboxylic acids is 1. The number of nitriles is 1. The second kappa shape index (κ2) is 8.45. The number of methoxy groups -OCH3 is 1. The molecule has 3 rings (SSSR count). The van der Waals surface area contributed by atoms with Crippen molar-refractivity contribution < 1.29 is 19.0 Å². The van der Waals surface area contributed by atoms with Gasteiger partial charge in [-0.15, -0.1) is 10.2 Å². The van der Waals surface area contributed by atoms with Crippen molar-refractivity contribution in [2.24, 2.45) is 0 Å². The van der Waals surface area contributed by atoms with E-state index in [-0.39, 0.29) is 6.61 Å². The van der Waals surface area contributed by atoms with E-state index < -0.39 is 5.97 Å². The Hall–Kier alpha value is -3.92. The summed E-state index contributed by atoms with van der Waals surface area (Å²) < 4.78 is 15.4. The fourth-order valence-corrected chi connectivity index (χ4v) is 2.17. The molecule has 0 spiro atoms. The van der Waals surface area contributed by atoms with E-state index in [0.717, 1.165) is 5.56 Å². The molecule has 0 aliphatic carbocycles. The van der Waals surface area contributed by atoms with Crippen LogP contribution in [-0.4, -0.2) is 29.9 Å². The van der Waals surface area contributed by atoms with E-state index in [1.807, 2.05) is 12.1 Å². The van der Waals surface area contributed by atoms with Crippen LogP contribution in [0.4, 0.5) is 0 Å². The van der Waals surface area contributed by atoms with Gasteiger partial charge < -0.3 is 14.2 Å². The maximum atomic E-state index is 11.1. The van der Waals surface area contributed by atoms with E-state index >= 15 is 0 Å². The second-order valence-electron chi connectivity index (χ2n) is 5.38. The fraction of sp³-hybridized carbons (Fsp3) is 0.100. The lowest BCUT2D eigenvalue weighted by Crippen LogP contribution is -2.12. The van der Waals surface area contributed by atoms with Gasteiger partial charge in [-0.1, -0.05) is 12.1 Å². The van der Waals surface area contributed by atoms with Crippen LogP contribution in [0.25, 0.3) is 11.3 Å². The molecule has 0 saturated heterocycles. The molecule has 0 radical (unpaired) electrons. The zero-order valence-corrected chi connectivity index (χ0v) is 14.5. The molecule has 0 bridgehead atoms. The molecule has 3 aromatic rings. The van der Waals surface area contributed by atoms with E-state index in [4.69, 9.17) is 14.7 Å². The number of rotatable bonds is 6. The predicted octanol–water partition coefficient (Wildman–Crippen LogP) is 3.36. The van der Waals surface area contributed by atoms with Gasteiger partial charge in [-0.2, -0.15) is 5.26 Å². The number of carbonyl (C=O) groups is 1. The van der Waals surface area contributed by atoms with E-state index in [1.165, 1.54) is 7.11 Å². The lowest BCUT2D eigenvalue weighted by Gasteiger charge is -2.07. The van der Waals surface area contributed by atoms with E-state index in [0.29, 0.717) is 28.6 Å². The Bertz CT molecular complexity index is 947. The highest BCUT2D eigenvalue weighted by atomic mass is 16.6. The monoisotopic (exact) mass is 361 g/mol. The molecule has 0 aliphatic heterocycles. The Morgan fingerprint density at radius 3 is 2.26 bits per heavy atom. The third-order valence-corrected chi connectivity index (χ3v) is 3.58. The lowest BCUT2D eigenvalue weighted by molar-refractivity contribution is -0.142. The predicted molar refractivity (Wildman–Crippen MR) is 96.2 cm³/mol. The van der Waals surface area contributed by atoms with Crippen LogP contribution in [-0.2, 0) is 9.53 Å². The maximum Gasteiger partial charge on any atom is 0.343 e. The molecule has 7 nitrogen and oxygen atoms in total. The van der Waals surface area contributed by atoms with Crippen LogP contribution in [0.5, 0.6) is 17.4 Å². The van der Waals surface area contributed by atoms with Crippen LogP contribution in [0.3, 0.4) is 0 Å². The summed E-state index contributed by atoms with van der Waals surface area (Å²) in [5, 5.41) is 17.0. The summed E-state index contributed by atoms with van der Waals surface area (Å²) in [5.74, 6) is 0.972. The standard InChI is InChI=1S/C20H15N3O4/c1-25-20(24)13-26-16-6-8-17(9-7-16)27-19-11-10-18(22-23-19)15-4-2-14(12-21)3-5-15/h2-11H,13H2,1H3. The van der Waals surface area contributed by atoms with Crippen molar-refractivity contribution in [2.45, 2.75) is 0 Å². The summed E-state index contributed by atoms with van der Waals surface area (Å²) in [5.41, 5.74) is 2.13. The van der Waals surface area contributed by atoms with Gasteiger partial charge in [0.1, 0.15) is 11.5 Å². The zero-order chi connectivity index (χ0) is 19.1. The highest BCUT2D eigenvalue weighted by Crippen LogP contribution is 2.24. The molecule has 134 valence electrons. The minimum atomic E-state index is -0.451. The molecule has 7 heteroatoms. The Morgan fingerprint density at radius 1 is 0.963 bits per heavy atom. The molecular weight excluding hydrogens is 346 g/mol. The van der Waals surface area contributed by atoms with Crippen molar-refractivity contribution in [1.29, 1.82) is 5.26 Å². The van der Waals surface area contributed by atoms with Crippen molar-refractivity contribution in [1.82, 2.24) is 10.2 Å². The Morgan fingerprint density at radius 2 is 1.67 bits per heavy atom. The van der Waals surface area contributed by atoms with Crippen LogP contribution in [0, 0.1) is 11.3 Å². The molecule has 2 aromatic carbocycles. The smallest absolute Gasteiger partial charge is 0.343 e. The zero-order valence-electron chi connectivity index (χ0n) is 14.5. The molecule has 0 atom stereocenters. The molecule has 0 amide bonds. The van der Waals surface area contributed by atoms with Crippen LogP contribution in [0.15, 0.2) is 60.7 Å². The van der Waals surface area contributed by atoms with Crippen LogP contribution >= 0.6 is 0 Å². The molecule has 1 aromatic heterocycles. The molecular formula is C20H15N3O4. The Balaban J connectivity index is 1.62. The van der Waals surface area contributed by atoms with Gasteiger partial charge in [0.2, 0.25) is 5.88 Å². The number of hydrogen-bond donors (Lipinski definition) is 0. The van der Waals surface area contributed by atoms with Gasteiger partial charge in [-0.25, -0.2) is 4.79 Å². The van der Waals surface area contributed by atoms with Crippen molar-refractivity contribution in [3.05, 3.63) is 66.2 Å². The summed E-state index contributed by atoms with van der Waals surface area (Å²) in [4.78, 5) is 11.1. The number of esters is 1. The first-order chi connectivity index (χ1) is 13.2. The van der Waals surface area contributed by atoms with Crippen molar-refractivity contribution in [3.8, 4) is 34.7 Å². The van der Waals surface area contributed by atoms with Crippen LogP contribution < -0.4 is 9.47 Å². The van der Waals surface area contributed by atoms with E-state index in [2.05, 4.69) is 21.0 Å². The molecule has 0 unspecified atom stereocenters. The van der Waals surface area contributed by atoms with E-state index in [9.17, 15) is 4.79 Å². The first-order valence-corrected chi connectivity index (χ1v) is 8.00. The highest BCUT2D eigenvalue weighted by Gasteiger charge is 2.05. The van der Waals surface area contributed by atoms with Gasteiger partial charge in [-0.05, 0) is 42.5 Å². The molecule has 1 heterocycles. The molecule has 27 heavy (non-hydrogen) atoms. The summed E-state index contributed by atoms with van der Waals surface area (Å²) in [6.07, 6.45) is 0. The summed E-state index contributed by atoms with van der Waals surface area (Å²) in [6.45, 7) is -0.154. The first-order valence-electron chi connectivity index (χ1n) is 8.00. The number of nitrogens with zero attached hydrogens (tertiary/aromatic N) is 3. The Kier molecular flexibility index (Phi) is 5.60. The van der Waals surface area contributed by atoms with Crippen molar-refractivity contribution in [3.63, 3.8) is 0 Å². The summed E-state index contributed by atoms with van der Waals surface area (Å²) >= 11 is 0. The number of ether oxygens (including phenoxy) is 3. The van der Waals surface area contributed by atoms with Crippen LogP contribution in [0.1, 0.15) is 5.56 Å². The fourth-order valence-electron chi connectivity index (χ4n) is 2.17. The number of benzene rings is 2. The second-order valence-corrected chi connectivity index (χ2v) is 5.38. The summed E-state index contributed by atoms with van der Waals surface area (Å²) in [7, 11) is 1.30. The molecule has 0 N–H and O–H groups in total. The average Bonchev–Trinajstić information content (AvgIpc) is 2.73. The van der Waals surface area contributed by atoms with Gasteiger partial charge in [-0.3, -0.25) is 0 Å². The minimum Gasteiger partial charge on any atom is -0.482 e. The third kappa shape index (κ3) is 4.80. The largest absolute Gasteiger partial charge is 0.482 e. The topological polar surface area (TPSA) is 94.3 Å². The molecule has 0 saturated carbocycles. The first kappa shape index (κ1) is 17.9. The van der Waals surface area contributed by atoms with Crippen molar-refractivity contribution in [2.75, 3.05) is 13.7 Å². The lowest BCUT2D eigenvalue weighted by atomic mass is 10.1. The van der Waals surface area contributed by atoms with Gasteiger partial charge in [0, 0.05) is 11.6 Å². The summed E-state index contributed by atoms with van der Waals surface area (Å²) in [6, 6.07) is 19.4. The molecule has 0 fully saturated rings. The van der Waals surface area contributed by atoms with Gasteiger partial charge in [0.15, 0.2) is 6.61 Å². The Labute approximate surface area is 155 Å². The number of hydrogen-bond acceptors (Lipinski definition) is 7. The average molecular weight is 361 g/mol. The normalized spacial score (nSPS) is 9.93. The minimum absolute atomic E-state index is 0.154.